The lowest BCUT2D eigenvalue weighted by Gasteiger charge is -2.40. The lowest BCUT2D eigenvalue weighted by molar-refractivity contribution is 0.452. The average molecular weight is 266 g/mol. The van der Waals surface area contributed by atoms with E-state index in [1.54, 1.807) is 0 Å². The van der Waals surface area contributed by atoms with Gasteiger partial charge in [0.05, 0.1) is 0 Å². The largest absolute Gasteiger partial charge is 0.341 e. The van der Waals surface area contributed by atoms with Crippen molar-refractivity contribution >= 4 is 17.7 Å². The third-order valence-corrected chi connectivity index (χ3v) is 5.17. The Kier molecular flexibility index (Phi) is 4.12. The van der Waals surface area contributed by atoms with E-state index in [2.05, 4.69) is 21.1 Å². The lowest BCUT2D eigenvalue weighted by atomic mass is 9.96. The van der Waals surface area contributed by atoms with Gasteiger partial charge in [-0.15, -0.1) is 0 Å². The molecule has 0 atom stereocenters. The molecule has 1 aromatic rings. The predicted molar refractivity (Wildman–Crippen MR) is 78.3 cm³/mol. The summed E-state index contributed by atoms with van der Waals surface area (Å²) < 4.78 is 0.259. The van der Waals surface area contributed by atoms with E-state index in [1.165, 1.54) is 0 Å². The molecule has 2 rings (SSSR count). The molecule has 0 bridgehead atoms. The van der Waals surface area contributed by atoms with Gasteiger partial charge in [0.25, 0.3) is 0 Å². The Labute approximate surface area is 113 Å². The average Bonchev–Trinajstić information content (AvgIpc) is 2.38. The van der Waals surface area contributed by atoms with E-state index >= 15 is 0 Å². The van der Waals surface area contributed by atoms with Crippen LogP contribution in [0.25, 0.3) is 0 Å². The molecule has 1 fully saturated rings. The highest BCUT2D eigenvalue weighted by Crippen LogP contribution is 2.34. The molecule has 1 aromatic heterocycles. The Bertz CT molecular complexity index is 387. The summed E-state index contributed by atoms with van der Waals surface area (Å²) in [5, 5.41) is 0. The van der Waals surface area contributed by atoms with Gasteiger partial charge in [-0.3, -0.25) is 0 Å². The topological polar surface area (TPSA) is 55.0 Å². The number of anilines is 1. The van der Waals surface area contributed by atoms with Crippen LogP contribution < -0.4 is 10.6 Å². The molecule has 0 aliphatic carbocycles. The van der Waals surface area contributed by atoms with Gasteiger partial charge in [-0.05, 0) is 39.0 Å². The van der Waals surface area contributed by atoms with E-state index in [9.17, 15) is 0 Å². The first-order valence-corrected chi connectivity index (χ1v) is 7.63. The van der Waals surface area contributed by atoms with Crippen molar-refractivity contribution in [3.63, 3.8) is 0 Å². The number of nitrogens with zero attached hydrogens (tertiary/aromatic N) is 3. The quantitative estimate of drug-likeness (QED) is 0.903. The van der Waals surface area contributed by atoms with Crippen LogP contribution in [0.15, 0.2) is 6.07 Å². The van der Waals surface area contributed by atoms with Crippen LogP contribution in [0.2, 0.25) is 0 Å². The smallest absolute Gasteiger partial charge is 0.225 e. The second kappa shape index (κ2) is 5.45. The lowest BCUT2D eigenvalue weighted by Crippen LogP contribution is -2.47. The molecule has 0 saturated carbocycles. The number of hydrogen-bond donors (Lipinski definition) is 1. The Morgan fingerprint density at radius 2 is 1.83 bits per heavy atom. The molecule has 0 radical (unpaired) electrons. The molecular weight excluding hydrogens is 244 g/mol. The molecule has 4 nitrogen and oxygen atoms in total. The van der Waals surface area contributed by atoms with E-state index in [0.29, 0.717) is 0 Å². The SMILES string of the molecule is CSC1(CN)CCN(c2nc(C)cc(C)n2)CC1. The zero-order chi connectivity index (χ0) is 13.2. The maximum Gasteiger partial charge on any atom is 0.225 e. The number of nitrogens with two attached hydrogens (primary N) is 1. The van der Waals surface area contributed by atoms with Gasteiger partial charge in [0, 0.05) is 35.8 Å². The summed E-state index contributed by atoms with van der Waals surface area (Å²) in [6.45, 7) is 6.81. The van der Waals surface area contributed by atoms with Gasteiger partial charge < -0.3 is 10.6 Å². The summed E-state index contributed by atoms with van der Waals surface area (Å²) in [5.74, 6) is 0.874. The summed E-state index contributed by atoms with van der Waals surface area (Å²) >= 11 is 1.90. The molecular formula is C13H22N4S. The monoisotopic (exact) mass is 266 g/mol. The van der Waals surface area contributed by atoms with Crippen molar-refractivity contribution in [1.82, 2.24) is 9.97 Å². The third kappa shape index (κ3) is 2.78. The Balaban J connectivity index is 2.09. The highest BCUT2D eigenvalue weighted by atomic mass is 32.2. The summed E-state index contributed by atoms with van der Waals surface area (Å²) in [7, 11) is 0. The van der Waals surface area contributed by atoms with E-state index in [4.69, 9.17) is 5.73 Å². The van der Waals surface area contributed by atoms with Gasteiger partial charge in [-0.2, -0.15) is 11.8 Å². The van der Waals surface area contributed by atoms with Crippen LogP contribution in [0.3, 0.4) is 0 Å². The van der Waals surface area contributed by atoms with Gasteiger partial charge in [0.15, 0.2) is 0 Å². The first-order valence-electron chi connectivity index (χ1n) is 6.41. The number of hydrogen-bond acceptors (Lipinski definition) is 5. The van der Waals surface area contributed by atoms with Crippen LogP contribution in [0, 0.1) is 13.8 Å². The minimum atomic E-state index is 0.259. The van der Waals surface area contributed by atoms with Crippen molar-refractivity contribution in [3.05, 3.63) is 17.5 Å². The fourth-order valence-corrected chi connectivity index (χ4v) is 3.21. The summed E-state index contributed by atoms with van der Waals surface area (Å²) in [5.41, 5.74) is 7.99. The second-order valence-corrected chi connectivity index (χ2v) is 6.30. The minimum Gasteiger partial charge on any atom is -0.341 e. The first-order chi connectivity index (χ1) is 8.58. The second-order valence-electron chi connectivity index (χ2n) is 5.03. The van der Waals surface area contributed by atoms with Gasteiger partial charge in [0.1, 0.15) is 0 Å². The van der Waals surface area contributed by atoms with E-state index in [-0.39, 0.29) is 4.75 Å². The van der Waals surface area contributed by atoms with Crippen molar-refractivity contribution in [2.24, 2.45) is 5.73 Å². The molecule has 1 aliphatic heterocycles. The number of aromatic nitrogens is 2. The van der Waals surface area contributed by atoms with Gasteiger partial charge in [-0.25, -0.2) is 9.97 Å². The summed E-state index contributed by atoms with van der Waals surface area (Å²) in [6.07, 6.45) is 4.39. The maximum absolute atomic E-state index is 5.91. The molecule has 5 heteroatoms. The molecule has 1 aliphatic rings. The van der Waals surface area contributed by atoms with Gasteiger partial charge in [-0.1, -0.05) is 0 Å². The normalized spacial score (nSPS) is 19.0. The highest BCUT2D eigenvalue weighted by Gasteiger charge is 2.33. The van der Waals surface area contributed by atoms with Crippen LogP contribution in [0.4, 0.5) is 5.95 Å². The number of piperidine rings is 1. The fourth-order valence-electron chi connectivity index (χ4n) is 2.45. The minimum absolute atomic E-state index is 0.259. The zero-order valence-corrected chi connectivity index (χ0v) is 12.3. The van der Waals surface area contributed by atoms with Crippen molar-refractivity contribution in [2.45, 2.75) is 31.4 Å². The molecule has 1 saturated heterocycles. The Hall–Kier alpha value is -0.810. The fraction of sp³-hybridized carbons (Fsp3) is 0.692. The summed E-state index contributed by atoms with van der Waals surface area (Å²) in [4.78, 5) is 11.3. The number of thioether (sulfide) groups is 1. The number of aryl methyl sites for hydroxylation is 2. The maximum atomic E-state index is 5.91. The zero-order valence-electron chi connectivity index (χ0n) is 11.4. The van der Waals surface area contributed by atoms with Gasteiger partial charge >= 0.3 is 0 Å². The van der Waals surface area contributed by atoms with Crippen LogP contribution >= 0.6 is 11.8 Å². The predicted octanol–water partition coefficient (Wildman–Crippen LogP) is 1.75. The van der Waals surface area contributed by atoms with Crippen LogP contribution in [-0.4, -0.2) is 40.6 Å². The molecule has 0 unspecified atom stereocenters. The molecule has 0 spiro atoms. The molecule has 2 heterocycles. The van der Waals surface area contributed by atoms with Crippen LogP contribution in [-0.2, 0) is 0 Å². The van der Waals surface area contributed by atoms with Gasteiger partial charge in [0.2, 0.25) is 5.95 Å². The Morgan fingerprint density at radius 1 is 1.28 bits per heavy atom. The van der Waals surface area contributed by atoms with Crippen LogP contribution in [0.5, 0.6) is 0 Å². The number of rotatable bonds is 3. The molecule has 100 valence electrons. The van der Waals surface area contributed by atoms with E-state index < -0.39 is 0 Å². The van der Waals surface area contributed by atoms with Crippen molar-refractivity contribution < 1.29 is 0 Å². The van der Waals surface area contributed by atoms with Crippen LogP contribution in [0.1, 0.15) is 24.2 Å². The van der Waals surface area contributed by atoms with Crippen molar-refractivity contribution in [3.8, 4) is 0 Å². The Morgan fingerprint density at radius 3 is 2.28 bits per heavy atom. The third-order valence-electron chi connectivity index (χ3n) is 3.73. The molecule has 18 heavy (non-hydrogen) atoms. The van der Waals surface area contributed by atoms with E-state index in [1.807, 2.05) is 31.7 Å². The standard InChI is InChI=1S/C13H22N4S/c1-10-8-11(2)16-12(15-10)17-6-4-13(9-14,18-3)5-7-17/h8H,4-7,9,14H2,1-3H3. The molecule has 0 amide bonds. The molecule has 0 aromatic carbocycles. The van der Waals surface area contributed by atoms with Crippen molar-refractivity contribution in [1.29, 1.82) is 0 Å². The highest BCUT2D eigenvalue weighted by molar-refractivity contribution is 8.00. The molecule has 2 N–H and O–H groups in total. The summed E-state index contributed by atoms with van der Waals surface area (Å²) in [6, 6.07) is 2.01. The van der Waals surface area contributed by atoms with Crippen molar-refractivity contribution in [2.75, 3.05) is 30.8 Å². The first kappa shape index (κ1) is 13.6. The van der Waals surface area contributed by atoms with E-state index in [0.717, 1.165) is 49.8 Å².